The van der Waals surface area contributed by atoms with Gasteiger partial charge in [-0.2, -0.15) is 4.98 Å². The highest BCUT2D eigenvalue weighted by Crippen LogP contribution is 2.26. The van der Waals surface area contributed by atoms with Crippen molar-refractivity contribution in [3.05, 3.63) is 59.7 Å². The fraction of sp³-hybridized carbons (Fsp3) is 0.263. The molecule has 3 rings (SSSR count). The van der Waals surface area contributed by atoms with Crippen molar-refractivity contribution in [3.8, 4) is 11.3 Å². The molecule has 0 atom stereocenters. The lowest BCUT2D eigenvalue weighted by Gasteiger charge is -2.11. The molecular weight excluding hydrogens is 312 g/mol. The molecule has 0 saturated carbocycles. The number of anilines is 2. The predicted octanol–water partition coefficient (Wildman–Crippen LogP) is 3.18. The summed E-state index contributed by atoms with van der Waals surface area (Å²) in [6.45, 7) is 4.96. The molecule has 0 aliphatic carbocycles. The Bertz CT molecular complexity index is 848. The van der Waals surface area contributed by atoms with Gasteiger partial charge in [0.1, 0.15) is 5.82 Å². The zero-order chi connectivity index (χ0) is 17.6. The highest BCUT2D eigenvalue weighted by atomic mass is 15.1. The molecule has 6 nitrogen and oxygen atoms in total. The summed E-state index contributed by atoms with van der Waals surface area (Å²) in [6, 6.07) is 8.13. The highest BCUT2D eigenvalue weighted by molar-refractivity contribution is 5.68. The zero-order valence-corrected chi connectivity index (χ0v) is 14.5. The second kappa shape index (κ2) is 7.70. The number of nitrogen functional groups attached to an aromatic ring is 1. The second-order valence-corrected chi connectivity index (χ2v) is 5.97. The monoisotopic (exact) mass is 334 g/mol. The molecule has 0 bridgehead atoms. The Labute approximate surface area is 147 Å². The molecule has 0 fully saturated rings. The van der Waals surface area contributed by atoms with Gasteiger partial charge in [-0.05, 0) is 37.8 Å². The fourth-order valence-corrected chi connectivity index (χ4v) is 2.67. The second-order valence-electron chi connectivity index (χ2n) is 5.97. The van der Waals surface area contributed by atoms with Gasteiger partial charge in [0, 0.05) is 36.8 Å². The molecule has 3 N–H and O–H groups in total. The topological polar surface area (TPSA) is 89.6 Å². The molecular formula is C19H22N6. The first-order valence-electron chi connectivity index (χ1n) is 8.33. The Hall–Kier alpha value is -3.02. The molecule has 0 saturated heterocycles. The molecule has 2 aromatic heterocycles. The third-order valence-corrected chi connectivity index (χ3v) is 4.16. The van der Waals surface area contributed by atoms with Crippen LogP contribution in [0.5, 0.6) is 0 Å². The van der Waals surface area contributed by atoms with Crippen molar-refractivity contribution in [3.63, 3.8) is 0 Å². The van der Waals surface area contributed by atoms with Crippen LogP contribution in [0, 0.1) is 13.8 Å². The van der Waals surface area contributed by atoms with E-state index in [1.54, 1.807) is 18.6 Å². The van der Waals surface area contributed by atoms with E-state index in [2.05, 4.69) is 51.2 Å². The smallest absolute Gasteiger partial charge is 0.222 e. The third kappa shape index (κ3) is 4.29. The van der Waals surface area contributed by atoms with Crippen molar-refractivity contribution in [1.82, 2.24) is 19.9 Å². The Morgan fingerprint density at radius 2 is 2.00 bits per heavy atom. The minimum absolute atomic E-state index is 0.273. The summed E-state index contributed by atoms with van der Waals surface area (Å²) in [7, 11) is 0. The van der Waals surface area contributed by atoms with Crippen LogP contribution in [0.2, 0.25) is 0 Å². The lowest BCUT2D eigenvalue weighted by molar-refractivity contribution is 0.825. The minimum atomic E-state index is 0.273. The average molecular weight is 334 g/mol. The first-order chi connectivity index (χ1) is 12.1. The van der Waals surface area contributed by atoms with Crippen LogP contribution in [0.1, 0.15) is 23.2 Å². The van der Waals surface area contributed by atoms with E-state index in [1.165, 1.54) is 11.1 Å². The van der Waals surface area contributed by atoms with Crippen LogP contribution in [0.3, 0.4) is 0 Å². The summed E-state index contributed by atoms with van der Waals surface area (Å²) in [5.74, 6) is 1.01. The lowest BCUT2D eigenvalue weighted by atomic mass is 10.0. The number of aromatic nitrogens is 4. The Morgan fingerprint density at radius 3 is 2.80 bits per heavy atom. The lowest BCUT2D eigenvalue weighted by Crippen LogP contribution is -2.08. The molecule has 6 heteroatoms. The van der Waals surface area contributed by atoms with E-state index in [4.69, 9.17) is 5.73 Å². The normalized spacial score (nSPS) is 10.6. The number of aryl methyl sites for hydroxylation is 2. The average Bonchev–Trinajstić information content (AvgIpc) is 2.61. The summed E-state index contributed by atoms with van der Waals surface area (Å²) >= 11 is 0. The Kier molecular flexibility index (Phi) is 5.18. The largest absolute Gasteiger partial charge is 0.370 e. The highest BCUT2D eigenvalue weighted by Gasteiger charge is 2.08. The van der Waals surface area contributed by atoms with Crippen molar-refractivity contribution in [1.29, 1.82) is 0 Å². The van der Waals surface area contributed by atoms with Crippen molar-refractivity contribution in [2.75, 3.05) is 17.6 Å². The number of rotatable bonds is 6. The van der Waals surface area contributed by atoms with Gasteiger partial charge in [-0.15, -0.1) is 0 Å². The van der Waals surface area contributed by atoms with E-state index in [0.29, 0.717) is 0 Å². The number of hydrogen-bond donors (Lipinski definition) is 2. The van der Waals surface area contributed by atoms with Crippen molar-refractivity contribution in [2.24, 2.45) is 0 Å². The van der Waals surface area contributed by atoms with Crippen molar-refractivity contribution < 1.29 is 0 Å². The molecule has 25 heavy (non-hydrogen) atoms. The molecule has 1 aromatic carbocycles. The molecule has 0 radical (unpaired) electrons. The van der Waals surface area contributed by atoms with E-state index in [0.717, 1.165) is 42.2 Å². The van der Waals surface area contributed by atoms with Gasteiger partial charge in [-0.1, -0.05) is 18.2 Å². The minimum Gasteiger partial charge on any atom is -0.370 e. The fourth-order valence-electron chi connectivity index (χ4n) is 2.67. The van der Waals surface area contributed by atoms with Gasteiger partial charge in [0.25, 0.3) is 0 Å². The van der Waals surface area contributed by atoms with Crippen LogP contribution in [0.25, 0.3) is 11.3 Å². The van der Waals surface area contributed by atoms with Gasteiger partial charge in [0.2, 0.25) is 5.95 Å². The van der Waals surface area contributed by atoms with Gasteiger partial charge in [0.05, 0.1) is 11.4 Å². The van der Waals surface area contributed by atoms with Crippen LogP contribution in [-0.2, 0) is 6.42 Å². The summed E-state index contributed by atoms with van der Waals surface area (Å²) in [5.41, 5.74) is 11.2. The maximum atomic E-state index is 5.90. The molecule has 0 aliphatic rings. The zero-order valence-electron chi connectivity index (χ0n) is 14.5. The summed E-state index contributed by atoms with van der Waals surface area (Å²) < 4.78 is 0. The molecule has 0 amide bonds. The molecule has 128 valence electrons. The van der Waals surface area contributed by atoms with Gasteiger partial charge < -0.3 is 11.1 Å². The van der Waals surface area contributed by atoms with E-state index in [-0.39, 0.29) is 5.95 Å². The first-order valence-corrected chi connectivity index (χ1v) is 8.33. The summed E-state index contributed by atoms with van der Waals surface area (Å²) in [6.07, 6.45) is 6.98. The van der Waals surface area contributed by atoms with E-state index in [1.807, 2.05) is 12.1 Å². The Morgan fingerprint density at radius 1 is 1.12 bits per heavy atom. The van der Waals surface area contributed by atoms with Crippen LogP contribution >= 0.6 is 0 Å². The maximum absolute atomic E-state index is 5.90. The number of nitrogens with zero attached hydrogens (tertiary/aromatic N) is 4. The standard InChI is InChI=1S/C19H22N6/c1-13-5-3-7-16(14(13)2)17-11-18(25-19(20)24-17)23-8-4-6-15-12-21-9-10-22-15/h3,5,7,9-12H,4,6,8H2,1-2H3,(H3,20,23,24,25). The van der Waals surface area contributed by atoms with E-state index < -0.39 is 0 Å². The van der Waals surface area contributed by atoms with Crippen LogP contribution in [0.15, 0.2) is 42.9 Å². The van der Waals surface area contributed by atoms with Crippen LogP contribution < -0.4 is 11.1 Å². The van der Waals surface area contributed by atoms with Gasteiger partial charge in [-0.3, -0.25) is 9.97 Å². The van der Waals surface area contributed by atoms with Crippen molar-refractivity contribution in [2.45, 2.75) is 26.7 Å². The Balaban J connectivity index is 1.68. The molecule has 0 spiro atoms. The van der Waals surface area contributed by atoms with Crippen LogP contribution in [-0.4, -0.2) is 26.5 Å². The SMILES string of the molecule is Cc1cccc(-c2cc(NCCCc3cnccn3)nc(N)n2)c1C. The number of hydrogen-bond acceptors (Lipinski definition) is 6. The van der Waals surface area contributed by atoms with E-state index in [9.17, 15) is 0 Å². The summed E-state index contributed by atoms with van der Waals surface area (Å²) in [4.78, 5) is 17.0. The molecule has 3 aromatic rings. The number of nitrogens with one attached hydrogen (secondary N) is 1. The van der Waals surface area contributed by atoms with Gasteiger partial charge >= 0.3 is 0 Å². The third-order valence-electron chi connectivity index (χ3n) is 4.16. The van der Waals surface area contributed by atoms with Gasteiger partial charge in [0.15, 0.2) is 0 Å². The van der Waals surface area contributed by atoms with Crippen LogP contribution in [0.4, 0.5) is 11.8 Å². The molecule has 2 heterocycles. The van der Waals surface area contributed by atoms with Gasteiger partial charge in [-0.25, -0.2) is 4.98 Å². The number of benzene rings is 1. The van der Waals surface area contributed by atoms with Crippen molar-refractivity contribution >= 4 is 11.8 Å². The quantitative estimate of drug-likeness (QED) is 0.673. The predicted molar refractivity (Wildman–Crippen MR) is 100 cm³/mol. The number of nitrogens with two attached hydrogens (primary N) is 1. The summed E-state index contributed by atoms with van der Waals surface area (Å²) in [5, 5.41) is 3.32. The maximum Gasteiger partial charge on any atom is 0.222 e. The van der Waals surface area contributed by atoms with E-state index >= 15 is 0 Å². The first kappa shape index (κ1) is 16.8. The molecule has 0 unspecified atom stereocenters. The molecule has 0 aliphatic heterocycles.